The van der Waals surface area contributed by atoms with Crippen molar-refractivity contribution >= 4 is 0 Å². The van der Waals surface area contributed by atoms with E-state index in [1.165, 1.54) is 0 Å². The predicted octanol–water partition coefficient (Wildman–Crippen LogP) is 0.618. The van der Waals surface area contributed by atoms with Gasteiger partial charge in [-0.15, -0.1) is 0 Å². The summed E-state index contributed by atoms with van der Waals surface area (Å²) >= 11 is 0. The molecule has 78 valence electrons. The van der Waals surface area contributed by atoms with Gasteiger partial charge in [0, 0.05) is 5.56 Å². The van der Waals surface area contributed by atoms with Gasteiger partial charge in [0.15, 0.2) is 12.1 Å². The van der Waals surface area contributed by atoms with Crippen molar-refractivity contribution in [1.29, 1.82) is 0 Å². The van der Waals surface area contributed by atoms with E-state index in [9.17, 15) is 4.79 Å². The zero-order valence-electron chi connectivity index (χ0n) is 7.68. The summed E-state index contributed by atoms with van der Waals surface area (Å²) in [4.78, 5) is 13.2. The van der Waals surface area contributed by atoms with E-state index in [1.807, 2.05) is 6.07 Å². The lowest BCUT2D eigenvalue weighted by Crippen LogP contribution is -2.01. The first kappa shape index (κ1) is 9.70. The molecule has 0 fully saturated rings. The number of rotatable bonds is 2. The molecule has 0 unspecified atom stereocenters. The Labute approximate surface area is 84.6 Å². The third-order valence-electron chi connectivity index (χ3n) is 1.97. The molecule has 1 aromatic carbocycles. The van der Waals surface area contributed by atoms with Crippen LogP contribution in [0.1, 0.15) is 12.0 Å². The highest BCUT2D eigenvalue weighted by atomic mass is 16.5. The molecule has 2 rings (SSSR count). The van der Waals surface area contributed by atoms with Gasteiger partial charge in [-0.3, -0.25) is 4.98 Å². The minimum absolute atomic E-state index is 0.0359. The SMILES string of the molecule is O=c1[nH]c(C(O)O)c(-c2ccccc2)o1. The van der Waals surface area contributed by atoms with Gasteiger partial charge in [-0.2, -0.15) is 0 Å². The summed E-state index contributed by atoms with van der Waals surface area (Å²) in [5, 5.41) is 18.0. The van der Waals surface area contributed by atoms with Crippen LogP contribution in [0.3, 0.4) is 0 Å². The van der Waals surface area contributed by atoms with E-state index < -0.39 is 12.0 Å². The Kier molecular flexibility index (Phi) is 2.40. The fourth-order valence-electron chi connectivity index (χ4n) is 1.33. The highest BCUT2D eigenvalue weighted by Gasteiger charge is 2.16. The molecule has 0 radical (unpaired) electrons. The first-order chi connectivity index (χ1) is 7.18. The molecule has 5 nitrogen and oxygen atoms in total. The fourth-order valence-corrected chi connectivity index (χ4v) is 1.33. The quantitative estimate of drug-likeness (QED) is 0.630. The molecule has 0 spiro atoms. The second-order valence-corrected chi connectivity index (χ2v) is 3.00. The van der Waals surface area contributed by atoms with E-state index in [2.05, 4.69) is 4.98 Å². The molecule has 5 heteroatoms. The maximum atomic E-state index is 10.9. The molecule has 1 aromatic heterocycles. The molecule has 1 heterocycles. The summed E-state index contributed by atoms with van der Waals surface area (Å²) in [6.45, 7) is 0. The van der Waals surface area contributed by atoms with Crippen molar-refractivity contribution in [2.75, 3.05) is 0 Å². The molecular formula is C10H9NO4. The summed E-state index contributed by atoms with van der Waals surface area (Å²) in [6.07, 6.45) is -1.76. The zero-order chi connectivity index (χ0) is 10.8. The van der Waals surface area contributed by atoms with E-state index in [0.717, 1.165) is 0 Å². The molecule has 0 aliphatic rings. The van der Waals surface area contributed by atoms with E-state index >= 15 is 0 Å². The fraction of sp³-hybridized carbons (Fsp3) is 0.100. The predicted molar refractivity (Wildman–Crippen MR) is 51.9 cm³/mol. The number of hydrogen-bond acceptors (Lipinski definition) is 4. The number of aromatic amines is 1. The van der Waals surface area contributed by atoms with Gasteiger partial charge < -0.3 is 14.6 Å². The van der Waals surface area contributed by atoms with Gasteiger partial charge >= 0.3 is 5.76 Å². The monoisotopic (exact) mass is 207 g/mol. The van der Waals surface area contributed by atoms with Crippen molar-refractivity contribution in [2.45, 2.75) is 6.29 Å². The molecular weight excluding hydrogens is 198 g/mol. The van der Waals surface area contributed by atoms with Crippen molar-refractivity contribution in [2.24, 2.45) is 0 Å². The zero-order valence-corrected chi connectivity index (χ0v) is 7.68. The van der Waals surface area contributed by atoms with Gasteiger partial charge in [-0.1, -0.05) is 30.3 Å². The lowest BCUT2D eigenvalue weighted by Gasteiger charge is -2.02. The second kappa shape index (κ2) is 3.72. The van der Waals surface area contributed by atoms with E-state index in [4.69, 9.17) is 14.6 Å². The lowest BCUT2D eigenvalue weighted by molar-refractivity contribution is -0.0453. The van der Waals surface area contributed by atoms with Gasteiger partial charge in [0.2, 0.25) is 0 Å². The Hall–Kier alpha value is -1.85. The summed E-state index contributed by atoms with van der Waals surface area (Å²) in [5.74, 6) is -0.562. The van der Waals surface area contributed by atoms with Crippen LogP contribution >= 0.6 is 0 Å². The van der Waals surface area contributed by atoms with Crippen molar-refractivity contribution in [3.05, 3.63) is 46.6 Å². The van der Waals surface area contributed by atoms with E-state index in [0.29, 0.717) is 5.56 Å². The van der Waals surface area contributed by atoms with Crippen LogP contribution in [0.4, 0.5) is 0 Å². The Bertz CT molecular complexity index is 498. The average Bonchev–Trinajstić information content (AvgIpc) is 2.62. The van der Waals surface area contributed by atoms with Crippen LogP contribution in [-0.2, 0) is 0 Å². The minimum atomic E-state index is -1.76. The van der Waals surface area contributed by atoms with Crippen LogP contribution < -0.4 is 5.76 Å². The second-order valence-electron chi connectivity index (χ2n) is 3.00. The molecule has 2 aromatic rings. The van der Waals surface area contributed by atoms with Crippen molar-refractivity contribution in [3.8, 4) is 11.3 Å². The van der Waals surface area contributed by atoms with Crippen molar-refractivity contribution in [3.63, 3.8) is 0 Å². The highest BCUT2D eigenvalue weighted by Crippen LogP contribution is 2.24. The van der Waals surface area contributed by atoms with Gasteiger partial charge in [-0.25, -0.2) is 4.79 Å². The van der Waals surface area contributed by atoms with Crippen LogP contribution in [0.5, 0.6) is 0 Å². The van der Waals surface area contributed by atoms with Gasteiger partial charge in [0.25, 0.3) is 0 Å². The van der Waals surface area contributed by atoms with Crippen LogP contribution in [0, 0.1) is 0 Å². The number of H-pyrrole nitrogens is 1. The first-order valence-corrected chi connectivity index (χ1v) is 4.33. The number of benzene rings is 1. The minimum Gasteiger partial charge on any atom is -0.407 e. The van der Waals surface area contributed by atoms with Crippen molar-refractivity contribution in [1.82, 2.24) is 4.98 Å². The molecule has 0 saturated carbocycles. The van der Waals surface area contributed by atoms with Gasteiger partial charge in [-0.05, 0) is 0 Å². The molecule has 0 atom stereocenters. The Morgan fingerprint density at radius 3 is 2.47 bits per heavy atom. The van der Waals surface area contributed by atoms with Crippen LogP contribution in [-0.4, -0.2) is 15.2 Å². The smallest absolute Gasteiger partial charge is 0.407 e. The Balaban J connectivity index is 2.58. The normalized spacial score (nSPS) is 10.9. The number of nitrogens with one attached hydrogen (secondary N) is 1. The third-order valence-corrected chi connectivity index (χ3v) is 1.97. The highest BCUT2D eigenvalue weighted by molar-refractivity contribution is 5.59. The van der Waals surface area contributed by atoms with Crippen LogP contribution in [0.2, 0.25) is 0 Å². The summed E-state index contributed by atoms with van der Waals surface area (Å²) in [6, 6.07) is 8.74. The standard InChI is InChI=1S/C10H9NO4/c12-9(13)7-8(15-10(14)11-7)6-4-2-1-3-5-6/h1-5,9,12-13H,(H,11,14). The van der Waals surface area contributed by atoms with E-state index in [-0.39, 0.29) is 11.5 Å². The number of hydrogen-bond donors (Lipinski definition) is 3. The summed E-state index contributed by atoms with van der Waals surface area (Å²) in [5.41, 5.74) is 0.574. The largest absolute Gasteiger partial charge is 0.417 e. The molecule has 0 aliphatic heterocycles. The summed E-state index contributed by atoms with van der Waals surface area (Å²) < 4.78 is 4.83. The third kappa shape index (κ3) is 1.83. The molecule has 0 bridgehead atoms. The Morgan fingerprint density at radius 1 is 1.20 bits per heavy atom. The molecule has 3 N–H and O–H groups in total. The maximum Gasteiger partial charge on any atom is 0.417 e. The first-order valence-electron chi connectivity index (χ1n) is 4.33. The lowest BCUT2D eigenvalue weighted by atomic mass is 10.1. The molecule has 15 heavy (non-hydrogen) atoms. The molecule has 0 saturated heterocycles. The Morgan fingerprint density at radius 2 is 1.87 bits per heavy atom. The average molecular weight is 207 g/mol. The molecule has 0 aliphatic carbocycles. The topological polar surface area (TPSA) is 86.5 Å². The summed E-state index contributed by atoms with van der Waals surface area (Å²) in [7, 11) is 0. The van der Waals surface area contributed by atoms with Gasteiger partial charge in [0.05, 0.1) is 0 Å². The maximum absolute atomic E-state index is 10.9. The number of aliphatic hydroxyl groups is 2. The van der Waals surface area contributed by atoms with Crippen molar-refractivity contribution < 1.29 is 14.6 Å². The number of aromatic nitrogens is 1. The van der Waals surface area contributed by atoms with Crippen LogP contribution in [0.15, 0.2) is 39.5 Å². The van der Waals surface area contributed by atoms with Gasteiger partial charge in [0.1, 0.15) is 5.69 Å². The molecule has 0 amide bonds. The number of aliphatic hydroxyl groups excluding tert-OH is 1. The number of oxazole rings is 1. The van der Waals surface area contributed by atoms with E-state index in [1.54, 1.807) is 24.3 Å². The van der Waals surface area contributed by atoms with Crippen LogP contribution in [0.25, 0.3) is 11.3 Å².